The largest absolute Gasteiger partial charge is 0.290 e. The van der Waals surface area contributed by atoms with Gasteiger partial charge in [0.05, 0.1) is 6.20 Å². The molecule has 0 saturated heterocycles. The van der Waals surface area contributed by atoms with Gasteiger partial charge in [-0.05, 0) is 37.1 Å². The van der Waals surface area contributed by atoms with Gasteiger partial charge in [-0.1, -0.05) is 30.3 Å². The highest BCUT2D eigenvalue weighted by Gasteiger charge is 2.12. The van der Waals surface area contributed by atoms with Crippen molar-refractivity contribution in [1.29, 1.82) is 0 Å². The molecule has 24 heavy (non-hydrogen) atoms. The molecule has 0 atom stereocenters. The highest BCUT2D eigenvalue weighted by Crippen LogP contribution is 2.16. The highest BCUT2D eigenvalue weighted by atomic mass is 15.3. The average Bonchev–Trinajstić information content (AvgIpc) is 2.96. The number of nitrogens with zero attached hydrogens (tertiary/aromatic N) is 4. The molecule has 0 aliphatic carbocycles. The van der Waals surface area contributed by atoms with Crippen LogP contribution in [-0.4, -0.2) is 19.7 Å². The van der Waals surface area contributed by atoms with E-state index in [0.717, 1.165) is 26.2 Å². The predicted molar refractivity (Wildman–Crippen MR) is 96.3 cm³/mol. The molecule has 0 saturated carbocycles. The lowest BCUT2D eigenvalue weighted by Crippen LogP contribution is -2.22. The first-order chi connectivity index (χ1) is 11.8. The van der Waals surface area contributed by atoms with Gasteiger partial charge >= 0.3 is 0 Å². The van der Waals surface area contributed by atoms with E-state index in [1.165, 1.54) is 22.4 Å². The lowest BCUT2D eigenvalue weighted by atomic mass is 10.1. The first kappa shape index (κ1) is 16.4. The van der Waals surface area contributed by atoms with Crippen LogP contribution in [0, 0.1) is 6.92 Å². The molecule has 0 bridgehead atoms. The Kier molecular flexibility index (Phi) is 5.39. The Labute approximate surface area is 143 Å². The maximum Gasteiger partial charge on any atom is 0.0537 e. The molecule has 3 rings (SSSR count). The molecule has 0 amide bonds. The van der Waals surface area contributed by atoms with Gasteiger partial charge in [0.15, 0.2) is 0 Å². The van der Waals surface area contributed by atoms with Gasteiger partial charge in [0.1, 0.15) is 0 Å². The molecule has 124 valence electrons. The Hall–Kier alpha value is -2.46. The average molecular weight is 320 g/mol. The van der Waals surface area contributed by atoms with Crippen molar-refractivity contribution in [3.05, 3.63) is 83.4 Å². The van der Waals surface area contributed by atoms with Crippen molar-refractivity contribution in [3.63, 3.8) is 0 Å². The number of benzene rings is 1. The van der Waals surface area contributed by atoms with E-state index in [4.69, 9.17) is 0 Å². The van der Waals surface area contributed by atoms with E-state index in [1.54, 1.807) is 0 Å². The molecule has 2 aromatic heterocycles. The van der Waals surface area contributed by atoms with E-state index in [1.807, 2.05) is 18.6 Å². The first-order valence-corrected chi connectivity index (χ1v) is 8.42. The molecule has 0 spiro atoms. The molecule has 0 N–H and O–H groups in total. The summed E-state index contributed by atoms with van der Waals surface area (Å²) in [5.41, 5.74) is 5.15. The van der Waals surface area contributed by atoms with E-state index in [2.05, 4.69) is 76.0 Å². The molecular formula is C20H24N4. The molecular weight excluding hydrogens is 296 g/mol. The van der Waals surface area contributed by atoms with Crippen molar-refractivity contribution in [2.24, 2.45) is 0 Å². The maximum atomic E-state index is 4.48. The summed E-state index contributed by atoms with van der Waals surface area (Å²) in [4.78, 5) is 6.57. The van der Waals surface area contributed by atoms with Gasteiger partial charge in [0.25, 0.3) is 0 Å². The van der Waals surface area contributed by atoms with E-state index in [9.17, 15) is 0 Å². The van der Waals surface area contributed by atoms with E-state index < -0.39 is 0 Å². The van der Waals surface area contributed by atoms with Crippen molar-refractivity contribution in [2.45, 2.75) is 40.0 Å². The third kappa shape index (κ3) is 4.09. The van der Waals surface area contributed by atoms with Gasteiger partial charge in [-0.25, -0.2) is 0 Å². The zero-order valence-electron chi connectivity index (χ0n) is 14.4. The Morgan fingerprint density at radius 2 is 1.58 bits per heavy atom. The second-order valence-electron chi connectivity index (χ2n) is 6.06. The highest BCUT2D eigenvalue weighted by molar-refractivity contribution is 5.19. The van der Waals surface area contributed by atoms with Crippen molar-refractivity contribution in [3.8, 4) is 0 Å². The van der Waals surface area contributed by atoms with Gasteiger partial charge in [0, 0.05) is 49.8 Å². The Balaban J connectivity index is 1.79. The monoisotopic (exact) mass is 320 g/mol. The fourth-order valence-electron chi connectivity index (χ4n) is 2.96. The molecule has 3 aromatic rings. The summed E-state index contributed by atoms with van der Waals surface area (Å²) in [7, 11) is 0. The van der Waals surface area contributed by atoms with Gasteiger partial charge in [-0.2, -0.15) is 5.10 Å². The summed E-state index contributed by atoms with van der Waals surface area (Å²) in [5, 5.41) is 4.48. The van der Waals surface area contributed by atoms with Crippen LogP contribution < -0.4 is 0 Å². The lowest BCUT2D eigenvalue weighted by Gasteiger charge is -2.22. The van der Waals surface area contributed by atoms with Crippen molar-refractivity contribution < 1.29 is 0 Å². The van der Waals surface area contributed by atoms with Crippen LogP contribution in [0.1, 0.15) is 29.3 Å². The van der Waals surface area contributed by atoms with Gasteiger partial charge in [0.2, 0.25) is 0 Å². The molecule has 4 heteroatoms. The second-order valence-corrected chi connectivity index (χ2v) is 6.06. The fraction of sp³-hybridized carbons (Fsp3) is 0.300. The number of hydrogen-bond acceptors (Lipinski definition) is 3. The molecule has 1 aromatic carbocycles. The minimum Gasteiger partial charge on any atom is -0.290 e. The lowest BCUT2D eigenvalue weighted by molar-refractivity contribution is 0.247. The number of aryl methyl sites for hydroxylation is 1. The first-order valence-electron chi connectivity index (χ1n) is 8.42. The molecule has 0 radical (unpaired) electrons. The molecule has 4 nitrogen and oxygen atoms in total. The van der Waals surface area contributed by atoms with E-state index in [0.29, 0.717) is 0 Å². The van der Waals surface area contributed by atoms with Crippen LogP contribution in [0.3, 0.4) is 0 Å². The number of rotatable bonds is 7. The summed E-state index contributed by atoms with van der Waals surface area (Å²) >= 11 is 0. The summed E-state index contributed by atoms with van der Waals surface area (Å²) < 4.78 is 2.06. The van der Waals surface area contributed by atoms with Crippen molar-refractivity contribution >= 4 is 0 Å². The minimum atomic E-state index is 0.892. The third-order valence-electron chi connectivity index (χ3n) is 4.30. The molecule has 0 aliphatic rings. The van der Waals surface area contributed by atoms with Crippen LogP contribution >= 0.6 is 0 Å². The molecule has 2 heterocycles. The SMILES string of the molecule is CCn1ncc(CN(Cc2ccccc2)Cc2ccncc2)c1C. The fourth-order valence-corrected chi connectivity index (χ4v) is 2.96. The standard InChI is InChI=1S/C20H24N4/c1-3-24-17(2)20(13-22-24)16-23(14-18-7-5-4-6-8-18)15-19-9-11-21-12-10-19/h4-13H,3,14-16H2,1-2H3. The number of aromatic nitrogens is 3. The van der Waals surface area contributed by atoms with E-state index >= 15 is 0 Å². The normalized spacial score (nSPS) is 11.1. The van der Waals surface area contributed by atoms with Gasteiger partial charge < -0.3 is 0 Å². The van der Waals surface area contributed by atoms with Crippen LogP contribution in [0.2, 0.25) is 0 Å². The molecule has 0 fully saturated rings. The van der Waals surface area contributed by atoms with Crippen LogP contribution in [0.15, 0.2) is 61.1 Å². The molecule has 0 unspecified atom stereocenters. The third-order valence-corrected chi connectivity index (χ3v) is 4.30. The van der Waals surface area contributed by atoms with Crippen LogP contribution in [0.25, 0.3) is 0 Å². The summed E-state index contributed by atoms with van der Waals surface area (Å²) in [6.45, 7) is 7.90. The molecule has 0 aliphatic heterocycles. The van der Waals surface area contributed by atoms with Crippen LogP contribution in [-0.2, 0) is 26.2 Å². The predicted octanol–water partition coefficient (Wildman–Crippen LogP) is 3.81. The smallest absolute Gasteiger partial charge is 0.0537 e. The minimum absolute atomic E-state index is 0.892. The van der Waals surface area contributed by atoms with E-state index in [-0.39, 0.29) is 0 Å². The van der Waals surface area contributed by atoms with Gasteiger partial charge in [-0.15, -0.1) is 0 Å². The quantitative estimate of drug-likeness (QED) is 0.664. The zero-order chi connectivity index (χ0) is 16.8. The number of hydrogen-bond donors (Lipinski definition) is 0. The van der Waals surface area contributed by atoms with Gasteiger partial charge in [-0.3, -0.25) is 14.6 Å². The number of pyridine rings is 1. The summed E-state index contributed by atoms with van der Waals surface area (Å²) in [6.07, 6.45) is 5.72. The maximum absolute atomic E-state index is 4.48. The van der Waals surface area contributed by atoms with Crippen LogP contribution in [0.5, 0.6) is 0 Å². The van der Waals surface area contributed by atoms with Crippen molar-refractivity contribution in [1.82, 2.24) is 19.7 Å². The Bertz CT molecular complexity index is 708. The summed E-state index contributed by atoms with van der Waals surface area (Å²) in [6, 6.07) is 14.8. The Morgan fingerprint density at radius 1 is 0.917 bits per heavy atom. The Morgan fingerprint density at radius 3 is 2.21 bits per heavy atom. The zero-order valence-corrected chi connectivity index (χ0v) is 14.4. The van der Waals surface area contributed by atoms with Crippen molar-refractivity contribution in [2.75, 3.05) is 0 Å². The van der Waals surface area contributed by atoms with Crippen LogP contribution in [0.4, 0.5) is 0 Å². The second kappa shape index (κ2) is 7.88. The summed E-state index contributed by atoms with van der Waals surface area (Å²) in [5.74, 6) is 0. The topological polar surface area (TPSA) is 34.0 Å².